The summed E-state index contributed by atoms with van der Waals surface area (Å²) in [7, 11) is 5.89. The molecule has 0 aliphatic rings. The smallest absolute Gasteiger partial charge is 0.193 e. The molecule has 0 saturated heterocycles. The van der Waals surface area contributed by atoms with Crippen LogP contribution in [0.4, 0.5) is 5.69 Å². The lowest BCUT2D eigenvalue weighted by atomic mass is 10.1. The number of unbranched alkanes of at least 4 members (excludes halogenated alkanes) is 4. The van der Waals surface area contributed by atoms with Crippen molar-refractivity contribution in [3.05, 3.63) is 24.3 Å². The van der Waals surface area contributed by atoms with E-state index in [9.17, 15) is 0 Å². The van der Waals surface area contributed by atoms with Crippen molar-refractivity contribution in [2.75, 3.05) is 39.6 Å². The minimum Gasteiger partial charge on any atom is -0.497 e. The molecule has 0 aromatic heterocycles. The number of nitrogens with zero attached hydrogens (tertiary/aromatic N) is 2. The number of hydrogen-bond acceptors (Lipinski definition) is 3. The van der Waals surface area contributed by atoms with Crippen molar-refractivity contribution in [3.8, 4) is 5.75 Å². The molecule has 0 radical (unpaired) electrons. The summed E-state index contributed by atoms with van der Waals surface area (Å²) >= 11 is 0. The predicted octanol–water partition coefficient (Wildman–Crippen LogP) is 3.55. The van der Waals surface area contributed by atoms with Crippen molar-refractivity contribution >= 4 is 35.6 Å². The van der Waals surface area contributed by atoms with Crippen molar-refractivity contribution in [3.63, 3.8) is 0 Å². The lowest BCUT2D eigenvalue weighted by Crippen LogP contribution is -2.22. The second-order valence-electron chi connectivity index (χ2n) is 5.69. The van der Waals surface area contributed by atoms with E-state index in [1.807, 2.05) is 24.3 Å². The van der Waals surface area contributed by atoms with Gasteiger partial charge in [0, 0.05) is 12.2 Å². The van der Waals surface area contributed by atoms with Crippen LogP contribution >= 0.6 is 24.0 Å². The second kappa shape index (κ2) is 13.4. The number of nitrogens with one attached hydrogen (secondary N) is 1. The van der Waals surface area contributed by atoms with Crippen molar-refractivity contribution in [2.24, 2.45) is 10.7 Å². The van der Waals surface area contributed by atoms with E-state index in [1.54, 1.807) is 7.11 Å². The molecule has 0 aliphatic carbocycles. The van der Waals surface area contributed by atoms with Crippen LogP contribution in [0, 0.1) is 0 Å². The van der Waals surface area contributed by atoms with Crippen LogP contribution in [-0.2, 0) is 0 Å². The summed E-state index contributed by atoms with van der Waals surface area (Å²) in [5, 5.41) is 3.08. The summed E-state index contributed by atoms with van der Waals surface area (Å²) in [6.45, 7) is 1.96. The van der Waals surface area contributed by atoms with E-state index >= 15 is 0 Å². The molecular formula is C17H31IN4O. The van der Waals surface area contributed by atoms with Crippen LogP contribution in [-0.4, -0.2) is 45.2 Å². The molecule has 0 unspecified atom stereocenters. The molecule has 23 heavy (non-hydrogen) atoms. The third-order valence-electron chi connectivity index (χ3n) is 3.41. The molecule has 0 spiro atoms. The minimum absolute atomic E-state index is 0. The Morgan fingerprint density at radius 2 is 1.70 bits per heavy atom. The maximum absolute atomic E-state index is 5.87. The highest BCUT2D eigenvalue weighted by Gasteiger charge is 1.96. The highest BCUT2D eigenvalue weighted by molar-refractivity contribution is 14.0. The topological polar surface area (TPSA) is 62.9 Å². The first kappa shape index (κ1) is 22.0. The second-order valence-corrected chi connectivity index (χ2v) is 5.69. The summed E-state index contributed by atoms with van der Waals surface area (Å²) in [4.78, 5) is 6.58. The van der Waals surface area contributed by atoms with Crippen molar-refractivity contribution in [1.82, 2.24) is 4.90 Å². The third-order valence-corrected chi connectivity index (χ3v) is 3.41. The molecule has 0 aliphatic heterocycles. The van der Waals surface area contributed by atoms with E-state index in [1.165, 1.54) is 32.2 Å². The Morgan fingerprint density at radius 3 is 2.30 bits per heavy atom. The Bertz CT molecular complexity index is 435. The van der Waals surface area contributed by atoms with E-state index in [0.29, 0.717) is 5.96 Å². The normalized spacial score (nSPS) is 11.2. The van der Waals surface area contributed by atoms with E-state index < -0.39 is 0 Å². The lowest BCUT2D eigenvalue weighted by molar-refractivity contribution is 0.390. The quantitative estimate of drug-likeness (QED) is 0.256. The van der Waals surface area contributed by atoms with Gasteiger partial charge in [0.2, 0.25) is 0 Å². The molecule has 0 fully saturated rings. The lowest BCUT2D eigenvalue weighted by Gasteiger charge is -2.08. The van der Waals surface area contributed by atoms with E-state index in [4.69, 9.17) is 10.5 Å². The van der Waals surface area contributed by atoms with Gasteiger partial charge in [0.05, 0.1) is 7.11 Å². The SMILES string of the molecule is COc1ccc(NC(N)=NCCCCCCCN(C)C)cc1.I. The number of ether oxygens (including phenoxy) is 1. The average molecular weight is 434 g/mol. The molecule has 0 bridgehead atoms. The number of aliphatic imine (C=N–C) groups is 1. The maximum Gasteiger partial charge on any atom is 0.193 e. The Balaban J connectivity index is 0.00000484. The fraction of sp³-hybridized carbons (Fsp3) is 0.588. The molecule has 0 heterocycles. The van der Waals surface area contributed by atoms with Crippen molar-refractivity contribution in [1.29, 1.82) is 0 Å². The molecule has 1 rings (SSSR count). The summed E-state index contributed by atoms with van der Waals surface area (Å²) in [6, 6.07) is 7.63. The number of hydrogen-bond donors (Lipinski definition) is 2. The first-order valence-electron chi connectivity index (χ1n) is 7.97. The summed E-state index contributed by atoms with van der Waals surface area (Å²) in [5.74, 6) is 1.30. The number of anilines is 1. The molecule has 1 aromatic rings. The zero-order valence-corrected chi connectivity index (χ0v) is 16.9. The molecule has 0 atom stereocenters. The molecule has 0 saturated carbocycles. The molecule has 6 heteroatoms. The Kier molecular flexibility index (Phi) is 12.8. The van der Waals surface area contributed by atoms with Crippen LogP contribution in [0.3, 0.4) is 0 Å². The van der Waals surface area contributed by atoms with Gasteiger partial charge in [0.15, 0.2) is 5.96 Å². The van der Waals surface area contributed by atoms with Gasteiger partial charge < -0.3 is 20.7 Å². The molecule has 132 valence electrons. The summed E-state index contributed by atoms with van der Waals surface area (Å²) in [5.41, 5.74) is 6.80. The van der Waals surface area contributed by atoms with Gasteiger partial charge in [-0.25, -0.2) is 0 Å². The van der Waals surface area contributed by atoms with Gasteiger partial charge in [-0.1, -0.05) is 19.3 Å². The van der Waals surface area contributed by atoms with Crippen LogP contribution in [0.1, 0.15) is 32.1 Å². The minimum atomic E-state index is 0. The number of benzene rings is 1. The van der Waals surface area contributed by atoms with Gasteiger partial charge in [0.25, 0.3) is 0 Å². The number of nitrogens with two attached hydrogens (primary N) is 1. The van der Waals surface area contributed by atoms with Gasteiger partial charge >= 0.3 is 0 Å². The highest BCUT2D eigenvalue weighted by atomic mass is 127. The number of guanidine groups is 1. The van der Waals surface area contributed by atoms with Crippen LogP contribution in [0.2, 0.25) is 0 Å². The van der Waals surface area contributed by atoms with Crippen LogP contribution in [0.5, 0.6) is 5.75 Å². The highest BCUT2D eigenvalue weighted by Crippen LogP contribution is 2.14. The van der Waals surface area contributed by atoms with Gasteiger partial charge in [-0.3, -0.25) is 4.99 Å². The Labute approximate surface area is 157 Å². The van der Waals surface area contributed by atoms with E-state index in [-0.39, 0.29) is 24.0 Å². The number of methoxy groups -OCH3 is 1. The van der Waals surface area contributed by atoms with E-state index in [2.05, 4.69) is 29.3 Å². The van der Waals surface area contributed by atoms with Gasteiger partial charge in [0.1, 0.15) is 5.75 Å². The fourth-order valence-electron chi connectivity index (χ4n) is 2.13. The maximum atomic E-state index is 5.87. The van der Waals surface area contributed by atoms with Crippen LogP contribution in [0.25, 0.3) is 0 Å². The average Bonchev–Trinajstić information content (AvgIpc) is 2.50. The number of halogens is 1. The molecule has 5 nitrogen and oxygen atoms in total. The van der Waals surface area contributed by atoms with Gasteiger partial charge in [-0.2, -0.15) is 0 Å². The Morgan fingerprint density at radius 1 is 1.09 bits per heavy atom. The van der Waals surface area contributed by atoms with E-state index in [0.717, 1.165) is 24.4 Å². The van der Waals surface area contributed by atoms with Gasteiger partial charge in [-0.05, 0) is 57.7 Å². The standard InChI is InChI=1S/C17H30N4O.HI/c1-21(2)14-8-6-4-5-7-13-19-17(18)20-15-9-11-16(22-3)12-10-15;/h9-12H,4-8,13-14H2,1-3H3,(H3,18,19,20);1H. The predicted molar refractivity (Wildman–Crippen MR) is 110 cm³/mol. The molecule has 0 amide bonds. The number of rotatable bonds is 10. The van der Waals surface area contributed by atoms with Crippen LogP contribution < -0.4 is 15.8 Å². The van der Waals surface area contributed by atoms with Crippen LogP contribution in [0.15, 0.2) is 29.3 Å². The molecule has 3 N–H and O–H groups in total. The largest absolute Gasteiger partial charge is 0.497 e. The van der Waals surface area contributed by atoms with Crippen molar-refractivity contribution in [2.45, 2.75) is 32.1 Å². The zero-order valence-electron chi connectivity index (χ0n) is 14.5. The Hall–Kier alpha value is -1.02. The summed E-state index contributed by atoms with van der Waals surface area (Å²) in [6.07, 6.45) is 6.15. The first-order chi connectivity index (χ1) is 10.6. The van der Waals surface area contributed by atoms with Gasteiger partial charge in [-0.15, -0.1) is 24.0 Å². The zero-order chi connectivity index (χ0) is 16.2. The van der Waals surface area contributed by atoms with Crippen molar-refractivity contribution < 1.29 is 4.74 Å². The molecular weight excluding hydrogens is 403 g/mol. The third kappa shape index (κ3) is 11.2. The monoisotopic (exact) mass is 434 g/mol. The fourth-order valence-corrected chi connectivity index (χ4v) is 2.13. The molecule has 1 aromatic carbocycles. The first-order valence-corrected chi connectivity index (χ1v) is 7.97. The summed E-state index contributed by atoms with van der Waals surface area (Å²) < 4.78 is 5.11.